The van der Waals surface area contributed by atoms with Crippen LogP contribution in [0.15, 0.2) is 51.7 Å². The average molecular weight is 372 g/mol. The van der Waals surface area contributed by atoms with Crippen LogP contribution in [0.2, 0.25) is 0 Å². The van der Waals surface area contributed by atoms with Gasteiger partial charge >= 0.3 is 5.69 Å². The van der Waals surface area contributed by atoms with Crippen LogP contribution in [0.25, 0.3) is 21.7 Å². The van der Waals surface area contributed by atoms with Crippen molar-refractivity contribution in [1.82, 2.24) is 24.4 Å². The van der Waals surface area contributed by atoms with Gasteiger partial charge in [0.15, 0.2) is 5.82 Å². The second-order valence-electron chi connectivity index (χ2n) is 5.45. The Kier molecular flexibility index (Phi) is 4.33. The van der Waals surface area contributed by atoms with E-state index in [2.05, 4.69) is 15.2 Å². The number of nitrogens with zero attached hydrogens (tertiary/aromatic N) is 4. The van der Waals surface area contributed by atoms with Crippen molar-refractivity contribution < 1.29 is 0 Å². The molecule has 9 heteroatoms. The normalized spacial score (nSPS) is 11.4. The molecule has 4 rings (SSSR count). The Morgan fingerprint density at radius 3 is 2.92 bits per heavy atom. The van der Waals surface area contributed by atoms with E-state index in [0.29, 0.717) is 17.5 Å². The van der Waals surface area contributed by atoms with Gasteiger partial charge in [-0.25, -0.2) is 9.47 Å². The van der Waals surface area contributed by atoms with Gasteiger partial charge in [-0.05, 0) is 30.0 Å². The van der Waals surface area contributed by atoms with Gasteiger partial charge in [0.2, 0.25) is 5.16 Å². The van der Waals surface area contributed by atoms with Gasteiger partial charge in [0.05, 0.1) is 15.9 Å². The number of para-hydroxylation sites is 2. The molecule has 3 aromatic heterocycles. The Bertz CT molecular complexity index is 1050. The topological polar surface area (TPSA) is 94.5 Å². The van der Waals surface area contributed by atoms with Gasteiger partial charge in [-0.15, -0.1) is 21.5 Å². The second kappa shape index (κ2) is 6.77. The van der Waals surface area contributed by atoms with Crippen LogP contribution in [0, 0.1) is 0 Å². The Labute approximate surface area is 151 Å². The van der Waals surface area contributed by atoms with E-state index in [-0.39, 0.29) is 5.69 Å². The average Bonchev–Trinajstić information content (AvgIpc) is 3.32. The summed E-state index contributed by atoms with van der Waals surface area (Å²) in [7, 11) is 0. The molecule has 0 saturated heterocycles. The minimum atomic E-state index is -0.0758. The zero-order valence-electron chi connectivity index (χ0n) is 13.3. The molecule has 128 valence electrons. The summed E-state index contributed by atoms with van der Waals surface area (Å²) in [6.45, 7) is 0.645. The first-order chi connectivity index (χ1) is 12.2. The number of H-pyrrole nitrogens is 1. The Hall–Kier alpha value is -2.52. The largest absolute Gasteiger partial charge is 0.335 e. The predicted molar refractivity (Wildman–Crippen MR) is 101 cm³/mol. The number of rotatable bonds is 6. The van der Waals surface area contributed by atoms with Crippen LogP contribution in [-0.4, -0.2) is 30.2 Å². The molecule has 0 fully saturated rings. The summed E-state index contributed by atoms with van der Waals surface area (Å²) >= 11 is 3.12. The lowest BCUT2D eigenvalue weighted by Crippen LogP contribution is -2.17. The Morgan fingerprint density at radius 2 is 2.08 bits per heavy atom. The zero-order chi connectivity index (χ0) is 17.2. The summed E-state index contributed by atoms with van der Waals surface area (Å²) in [6, 6.07) is 11.6. The fraction of sp³-hybridized carbons (Fsp3) is 0.188. The van der Waals surface area contributed by atoms with Gasteiger partial charge in [-0.1, -0.05) is 30.0 Å². The smallest absolute Gasteiger partial charge is 0.326 e. The molecule has 0 radical (unpaired) electrons. The van der Waals surface area contributed by atoms with E-state index >= 15 is 0 Å². The molecule has 0 amide bonds. The number of aromatic nitrogens is 5. The molecule has 0 aliphatic heterocycles. The molecule has 0 spiro atoms. The minimum absolute atomic E-state index is 0.0758. The van der Waals surface area contributed by atoms with Crippen molar-refractivity contribution in [3.63, 3.8) is 0 Å². The van der Waals surface area contributed by atoms with Crippen molar-refractivity contribution in [2.45, 2.75) is 18.1 Å². The fourth-order valence-electron chi connectivity index (χ4n) is 2.66. The number of imidazole rings is 1. The van der Waals surface area contributed by atoms with Gasteiger partial charge in [0, 0.05) is 12.3 Å². The number of thiophene rings is 1. The van der Waals surface area contributed by atoms with Crippen molar-refractivity contribution in [3.05, 3.63) is 52.3 Å². The molecule has 4 aromatic rings. The highest BCUT2D eigenvalue weighted by atomic mass is 32.2. The van der Waals surface area contributed by atoms with Gasteiger partial charge in [-0.2, -0.15) is 0 Å². The van der Waals surface area contributed by atoms with Crippen molar-refractivity contribution in [2.24, 2.45) is 0 Å². The highest BCUT2D eigenvalue weighted by molar-refractivity contribution is 7.99. The molecule has 0 atom stereocenters. The first kappa shape index (κ1) is 16.0. The summed E-state index contributed by atoms with van der Waals surface area (Å²) in [5.41, 5.74) is 1.72. The number of thioether (sulfide) groups is 1. The summed E-state index contributed by atoms with van der Waals surface area (Å²) in [5, 5.41) is 11.0. The number of nitrogens with one attached hydrogen (secondary N) is 1. The maximum absolute atomic E-state index is 12.0. The first-order valence-electron chi connectivity index (χ1n) is 7.79. The molecular formula is C16H16N6OS2. The lowest BCUT2D eigenvalue weighted by molar-refractivity contribution is 0.678. The van der Waals surface area contributed by atoms with Gasteiger partial charge in [0.25, 0.3) is 0 Å². The minimum Gasteiger partial charge on any atom is -0.335 e. The zero-order valence-corrected chi connectivity index (χ0v) is 14.9. The highest BCUT2D eigenvalue weighted by Gasteiger charge is 2.13. The Balaban J connectivity index is 1.40. The van der Waals surface area contributed by atoms with Gasteiger partial charge in [-0.3, -0.25) is 4.57 Å². The monoisotopic (exact) mass is 372 g/mol. The summed E-state index contributed by atoms with van der Waals surface area (Å²) < 4.78 is 3.29. The quantitative estimate of drug-likeness (QED) is 0.308. The Morgan fingerprint density at radius 1 is 1.20 bits per heavy atom. The van der Waals surface area contributed by atoms with Crippen LogP contribution >= 0.6 is 23.1 Å². The maximum Gasteiger partial charge on any atom is 0.326 e. The fourth-order valence-corrected chi connectivity index (χ4v) is 4.15. The number of nitrogen functional groups attached to an aromatic ring is 1. The lowest BCUT2D eigenvalue weighted by Gasteiger charge is -2.04. The van der Waals surface area contributed by atoms with E-state index in [0.717, 1.165) is 28.1 Å². The van der Waals surface area contributed by atoms with Crippen LogP contribution in [-0.2, 0) is 6.54 Å². The number of aromatic amines is 1. The van der Waals surface area contributed by atoms with Crippen LogP contribution in [0.3, 0.4) is 0 Å². The predicted octanol–water partition coefficient (Wildman–Crippen LogP) is 2.55. The number of aryl methyl sites for hydroxylation is 1. The second-order valence-corrected chi connectivity index (χ2v) is 7.46. The third kappa shape index (κ3) is 3.08. The molecule has 25 heavy (non-hydrogen) atoms. The van der Waals surface area contributed by atoms with E-state index in [4.69, 9.17) is 5.84 Å². The molecule has 0 unspecified atom stereocenters. The van der Waals surface area contributed by atoms with E-state index in [1.54, 1.807) is 27.7 Å². The number of nitrogens with two attached hydrogens (primary N) is 1. The summed E-state index contributed by atoms with van der Waals surface area (Å²) in [5.74, 6) is 7.56. The number of hydrogen-bond acceptors (Lipinski definition) is 6. The van der Waals surface area contributed by atoms with Crippen molar-refractivity contribution >= 4 is 34.1 Å². The van der Waals surface area contributed by atoms with E-state index in [9.17, 15) is 4.79 Å². The molecule has 0 aliphatic carbocycles. The third-order valence-electron chi connectivity index (χ3n) is 3.84. The molecule has 0 saturated carbocycles. The number of benzene rings is 1. The van der Waals surface area contributed by atoms with Gasteiger partial charge in [0.1, 0.15) is 0 Å². The molecule has 1 aromatic carbocycles. The number of hydrogen-bond donors (Lipinski definition) is 2. The van der Waals surface area contributed by atoms with E-state index in [1.165, 1.54) is 4.68 Å². The molecule has 7 nitrogen and oxygen atoms in total. The first-order valence-corrected chi connectivity index (χ1v) is 9.65. The lowest BCUT2D eigenvalue weighted by atomic mass is 10.3. The van der Waals surface area contributed by atoms with E-state index in [1.807, 2.05) is 41.8 Å². The summed E-state index contributed by atoms with van der Waals surface area (Å²) in [4.78, 5) is 15.9. The van der Waals surface area contributed by atoms with E-state index < -0.39 is 0 Å². The van der Waals surface area contributed by atoms with Crippen LogP contribution in [0.1, 0.15) is 6.42 Å². The maximum atomic E-state index is 12.0. The molecule has 0 aliphatic rings. The summed E-state index contributed by atoms with van der Waals surface area (Å²) in [6.07, 6.45) is 0.827. The van der Waals surface area contributed by atoms with Crippen LogP contribution < -0.4 is 11.5 Å². The molecular weight excluding hydrogens is 356 g/mol. The highest BCUT2D eigenvalue weighted by Crippen LogP contribution is 2.25. The third-order valence-corrected chi connectivity index (χ3v) is 5.74. The van der Waals surface area contributed by atoms with Crippen molar-refractivity contribution in [3.8, 4) is 10.7 Å². The van der Waals surface area contributed by atoms with Crippen LogP contribution in [0.4, 0.5) is 0 Å². The van der Waals surface area contributed by atoms with Crippen molar-refractivity contribution in [1.29, 1.82) is 0 Å². The van der Waals surface area contributed by atoms with Crippen molar-refractivity contribution in [2.75, 3.05) is 11.6 Å². The standard InChI is InChI=1S/C16H16N6OS2/c17-22-14(13-7-3-9-24-13)19-20-16(22)25-10-4-8-21-12-6-2-1-5-11(12)18-15(21)23/h1-3,5-7,9H,4,8,10,17H2,(H,18,23). The molecule has 3 heterocycles. The van der Waals surface area contributed by atoms with Gasteiger partial charge < -0.3 is 10.8 Å². The van der Waals surface area contributed by atoms with Crippen LogP contribution in [0.5, 0.6) is 0 Å². The SMILES string of the molecule is Nn1c(SCCCn2c(=O)[nH]c3ccccc32)nnc1-c1cccs1. The molecule has 3 N–H and O–H groups in total. The molecule has 0 bridgehead atoms. The number of fused-ring (bicyclic) bond motifs is 1.